The van der Waals surface area contributed by atoms with E-state index in [4.69, 9.17) is 4.74 Å². The second-order valence-corrected chi connectivity index (χ2v) is 12.4. The number of hydrogen-bond acceptors (Lipinski definition) is 4. The molecule has 3 unspecified atom stereocenters. The molecule has 0 aliphatic rings. The van der Waals surface area contributed by atoms with Crippen molar-refractivity contribution in [3.63, 3.8) is 0 Å². The van der Waals surface area contributed by atoms with Crippen molar-refractivity contribution in [1.29, 1.82) is 0 Å². The minimum Gasteiger partial charge on any atom is -0.444 e. The van der Waals surface area contributed by atoms with E-state index in [1.54, 1.807) is 25.7 Å². The number of nitrogens with one attached hydrogen (secondary N) is 2. The zero-order valence-corrected chi connectivity index (χ0v) is 25.0. The molecule has 7 heteroatoms. The molecular weight excluding hydrogens is 466 g/mol. The van der Waals surface area contributed by atoms with E-state index in [1.165, 1.54) is 0 Å². The van der Waals surface area contributed by atoms with Crippen molar-refractivity contribution in [1.82, 2.24) is 15.5 Å². The van der Waals surface area contributed by atoms with E-state index >= 15 is 0 Å². The van der Waals surface area contributed by atoms with Gasteiger partial charge in [-0.15, -0.1) is 0 Å². The summed E-state index contributed by atoms with van der Waals surface area (Å²) in [5.41, 5.74) is 0.488. The topological polar surface area (TPSA) is 87.7 Å². The maximum Gasteiger partial charge on any atom is 0.408 e. The van der Waals surface area contributed by atoms with Gasteiger partial charge in [0.05, 0.1) is 0 Å². The molecule has 3 amide bonds. The monoisotopic (exact) mass is 517 g/mol. The molecule has 0 radical (unpaired) electrons. The van der Waals surface area contributed by atoms with Gasteiger partial charge in [0, 0.05) is 11.6 Å². The first-order valence-corrected chi connectivity index (χ1v) is 13.7. The summed E-state index contributed by atoms with van der Waals surface area (Å²) in [4.78, 5) is 42.4. The molecule has 37 heavy (non-hydrogen) atoms. The van der Waals surface area contributed by atoms with Crippen LogP contribution in [0.4, 0.5) is 4.79 Å². The van der Waals surface area contributed by atoms with E-state index < -0.39 is 29.3 Å². The van der Waals surface area contributed by atoms with E-state index in [2.05, 4.69) is 24.5 Å². The lowest BCUT2D eigenvalue weighted by atomic mass is 9.93. The summed E-state index contributed by atoms with van der Waals surface area (Å²) in [5.74, 6) is -0.407. The smallest absolute Gasteiger partial charge is 0.408 e. The Morgan fingerprint density at radius 1 is 0.919 bits per heavy atom. The van der Waals surface area contributed by atoms with E-state index in [0.717, 1.165) is 30.4 Å². The van der Waals surface area contributed by atoms with Crippen LogP contribution in [0.3, 0.4) is 0 Å². The van der Waals surface area contributed by atoms with Crippen LogP contribution in [-0.4, -0.2) is 46.0 Å². The zero-order valence-electron chi connectivity index (χ0n) is 25.0. The van der Waals surface area contributed by atoms with Crippen LogP contribution in [-0.2, 0) is 20.7 Å². The third-order valence-corrected chi connectivity index (χ3v) is 5.98. The summed E-state index contributed by atoms with van der Waals surface area (Å²) in [6.07, 6.45) is 2.43. The van der Waals surface area contributed by atoms with Gasteiger partial charge in [0.2, 0.25) is 11.8 Å². The molecule has 0 aliphatic carbocycles. The van der Waals surface area contributed by atoms with Gasteiger partial charge >= 0.3 is 6.09 Å². The predicted octanol–water partition coefficient (Wildman–Crippen LogP) is 6.16. The molecule has 0 spiro atoms. The number of benzene rings is 1. The normalized spacial score (nSPS) is 14.5. The molecule has 0 aromatic heterocycles. The van der Waals surface area contributed by atoms with E-state index in [9.17, 15) is 14.4 Å². The number of carbonyl (C=O) groups is 3. The van der Waals surface area contributed by atoms with Gasteiger partial charge in [-0.05, 0) is 84.8 Å². The third kappa shape index (κ3) is 10.7. The Morgan fingerprint density at radius 2 is 1.49 bits per heavy atom. The number of ether oxygens (including phenoxy) is 1. The van der Waals surface area contributed by atoms with E-state index in [-0.39, 0.29) is 23.8 Å². The third-order valence-electron chi connectivity index (χ3n) is 5.98. The van der Waals surface area contributed by atoms with Gasteiger partial charge in [-0.1, -0.05) is 58.4 Å². The SMILES string of the molecule is CCCC(C)NC(=O)C(c1ccc(CC)cc1)N(C(=O)C(CC(C)C)NC(=O)OC(C)(C)C)C(C)(C)C. The van der Waals surface area contributed by atoms with Gasteiger partial charge < -0.3 is 20.3 Å². The fourth-order valence-corrected chi connectivity index (χ4v) is 4.34. The van der Waals surface area contributed by atoms with Gasteiger partial charge in [-0.25, -0.2) is 4.79 Å². The minimum atomic E-state index is -0.854. The fraction of sp³-hybridized carbons (Fsp3) is 0.700. The number of nitrogens with zero attached hydrogens (tertiary/aromatic N) is 1. The Hall–Kier alpha value is -2.57. The summed E-state index contributed by atoms with van der Waals surface area (Å²) < 4.78 is 5.46. The first-order chi connectivity index (χ1) is 17.0. The largest absolute Gasteiger partial charge is 0.444 e. The maximum absolute atomic E-state index is 14.3. The number of hydrogen-bond donors (Lipinski definition) is 2. The second-order valence-electron chi connectivity index (χ2n) is 12.4. The van der Waals surface area contributed by atoms with Crippen LogP contribution < -0.4 is 10.6 Å². The Balaban J connectivity index is 3.57. The molecule has 7 nitrogen and oxygen atoms in total. The lowest BCUT2D eigenvalue weighted by molar-refractivity contribution is -0.149. The average molecular weight is 518 g/mol. The number of alkyl carbamates (subject to hydrolysis) is 1. The van der Waals surface area contributed by atoms with E-state index in [1.807, 2.05) is 65.8 Å². The van der Waals surface area contributed by atoms with Crippen LogP contribution >= 0.6 is 0 Å². The fourth-order valence-electron chi connectivity index (χ4n) is 4.34. The van der Waals surface area contributed by atoms with Crippen LogP contribution in [0.25, 0.3) is 0 Å². The number of carbonyl (C=O) groups excluding carboxylic acids is 3. The van der Waals surface area contributed by atoms with Crippen molar-refractivity contribution in [3.8, 4) is 0 Å². The lowest BCUT2D eigenvalue weighted by Gasteiger charge is -2.43. The summed E-state index contributed by atoms with van der Waals surface area (Å²) in [5, 5.41) is 5.92. The summed E-state index contributed by atoms with van der Waals surface area (Å²) in [6.45, 7) is 21.2. The standard InChI is InChI=1S/C30H51N3O4/c1-12-14-21(5)31-26(34)25(23-17-15-22(13-2)16-18-23)33(29(6,7)8)27(35)24(19-20(3)4)32-28(36)37-30(9,10)11/h15-18,20-21,24-25H,12-14,19H2,1-11H3,(H,31,34)(H,32,36). The molecule has 1 aromatic carbocycles. The highest BCUT2D eigenvalue weighted by atomic mass is 16.6. The minimum absolute atomic E-state index is 0.0295. The van der Waals surface area contributed by atoms with E-state index in [0.29, 0.717) is 6.42 Å². The van der Waals surface area contributed by atoms with Gasteiger partial charge in [0.15, 0.2) is 0 Å². The quantitative estimate of drug-likeness (QED) is 0.368. The first-order valence-electron chi connectivity index (χ1n) is 13.7. The number of rotatable bonds is 11. The molecule has 1 aromatic rings. The molecule has 0 saturated carbocycles. The van der Waals surface area contributed by atoms with Crippen molar-refractivity contribution >= 4 is 17.9 Å². The molecule has 2 N–H and O–H groups in total. The van der Waals surface area contributed by atoms with Crippen molar-refractivity contribution in [2.24, 2.45) is 5.92 Å². The average Bonchev–Trinajstić information content (AvgIpc) is 2.74. The molecule has 1 rings (SSSR count). The molecule has 0 bridgehead atoms. The first kappa shape index (κ1) is 32.5. The molecule has 210 valence electrons. The molecule has 0 aliphatic heterocycles. The molecule has 0 heterocycles. The highest BCUT2D eigenvalue weighted by Gasteiger charge is 2.42. The maximum atomic E-state index is 14.3. The summed E-state index contributed by atoms with van der Waals surface area (Å²) in [6, 6.07) is 6.14. The molecular formula is C30H51N3O4. The lowest BCUT2D eigenvalue weighted by Crippen LogP contribution is -2.59. The highest BCUT2D eigenvalue weighted by molar-refractivity contribution is 5.92. The van der Waals surface area contributed by atoms with Crippen LogP contribution in [0.2, 0.25) is 0 Å². The summed E-state index contributed by atoms with van der Waals surface area (Å²) in [7, 11) is 0. The number of amides is 3. The highest BCUT2D eigenvalue weighted by Crippen LogP contribution is 2.31. The van der Waals surface area contributed by atoms with Gasteiger partial charge in [0.1, 0.15) is 17.7 Å². The molecule has 3 atom stereocenters. The number of aryl methyl sites for hydroxylation is 1. The predicted molar refractivity (Wildman–Crippen MR) is 150 cm³/mol. The van der Waals surface area contributed by atoms with Crippen molar-refractivity contribution in [2.75, 3.05) is 0 Å². The van der Waals surface area contributed by atoms with Gasteiger partial charge in [0.25, 0.3) is 0 Å². The van der Waals surface area contributed by atoms with Crippen LogP contribution in [0.1, 0.15) is 113 Å². The zero-order chi connectivity index (χ0) is 28.6. The Kier molecular flexibility index (Phi) is 12.1. The van der Waals surface area contributed by atoms with Gasteiger partial charge in [-0.3, -0.25) is 9.59 Å². The van der Waals surface area contributed by atoms with Crippen LogP contribution in [0.5, 0.6) is 0 Å². The second kappa shape index (κ2) is 13.8. The van der Waals surface area contributed by atoms with Crippen LogP contribution in [0, 0.1) is 5.92 Å². The van der Waals surface area contributed by atoms with Crippen molar-refractivity contribution < 1.29 is 19.1 Å². The Morgan fingerprint density at radius 3 is 1.92 bits per heavy atom. The van der Waals surface area contributed by atoms with Crippen molar-refractivity contribution in [3.05, 3.63) is 35.4 Å². The van der Waals surface area contributed by atoms with Crippen LogP contribution in [0.15, 0.2) is 24.3 Å². The molecule has 0 saturated heterocycles. The Bertz CT molecular complexity index is 882. The van der Waals surface area contributed by atoms with Crippen molar-refractivity contribution in [2.45, 2.75) is 131 Å². The Labute approximate surface area is 225 Å². The van der Waals surface area contributed by atoms with Gasteiger partial charge in [-0.2, -0.15) is 0 Å². The molecule has 0 fully saturated rings. The summed E-state index contributed by atoms with van der Waals surface area (Å²) >= 11 is 0.